The maximum Gasteiger partial charge on any atom is 0.265 e. The maximum atomic E-state index is 12.4. The number of halogens is 2. The monoisotopic (exact) mass is 365 g/mol. The Bertz CT molecular complexity index is 769. The minimum absolute atomic E-state index is 0.0689. The van der Waals surface area contributed by atoms with E-state index >= 15 is 0 Å². The van der Waals surface area contributed by atoms with Gasteiger partial charge in [-0.3, -0.25) is 4.72 Å². The predicted octanol–water partition coefficient (Wildman–Crippen LogP) is 3.33. The van der Waals surface area contributed by atoms with Crippen LogP contribution < -0.4 is 10.5 Å². The van der Waals surface area contributed by atoms with Crippen molar-refractivity contribution in [1.29, 1.82) is 0 Å². The first-order chi connectivity index (χ1) is 9.74. The van der Waals surface area contributed by atoms with Crippen LogP contribution in [-0.4, -0.2) is 13.4 Å². The van der Waals surface area contributed by atoms with Gasteiger partial charge in [0.2, 0.25) is 0 Å². The number of thiazole rings is 1. The highest BCUT2D eigenvalue weighted by Gasteiger charge is 2.22. The van der Waals surface area contributed by atoms with Gasteiger partial charge in [-0.25, -0.2) is 13.4 Å². The van der Waals surface area contributed by atoms with Crippen LogP contribution in [-0.2, 0) is 16.6 Å². The van der Waals surface area contributed by atoms with Crippen molar-refractivity contribution in [2.75, 3.05) is 4.72 Å². The van der Waals surface area contributed by atoms with Crippen LogP contribution in [0.25, 0.3) is 0 Å². The van der Waals surface area contributed by atoms with Gasteiger partial charge in [-0.2, -0.15) is 0 Å². The minimum atomic E-state index is -3.88. The molecule has 0 aliphatic carbocycles. The third-order valence-electron chi connectivity index (χ3n) is 2.84. The van der Waals surface area contributed by atoms with Crippen LogP contribution in [0, 0.1) is 13.8 Å². The fourth-order valence-electron chi connectivity index (χ4n) is 1.65. The Morgan fingerprint density at radius 2 is 2.00 bits per heavy atom. The van der Waals surface area contributed by atoms with Gasteiger partial charge in [0, 0.05) is 16.4 Å². The molecule has 0 radical (unpaired) electrons. The topological polar surface area (TPSA) is 85.1 Å². The molecule has 0 bridgehead atoms. The normalized spacial score (nSPS) is 11.7. The molecule has 114 valence electrons. The second kappa shape index (κ2) is 6.10. The van der Waals surface area contributed by atoms with Crippen LogP contribution in [0.2, 0.25) is 10.0 Å². The zero-order valence-electron chi connectivity index (χ0n) is 11.3. The average molecular weight is 366 g/mol. The average Bonchev–Trinajstić information content (AvgIpc) is 2.69. The van der Waals surface area contributed by atoms with Gasteiger partial charge in [0.25, 0.3) is 10.0 Å². The lowest BCUT2D eigenvalue weighted by Crippen LogP contribution is -2.14. The summed E-state index contributed by atoms with van der Waals surface area (Å²) < 4.78 is 27.3. The van der Waals surface area contributed by atoms with Gasteiger partial charge >= 0.3 is 0 Å². The fourth-order valence-corrected chi connectivity index (χ4v) is 4.64. The van der Waals surface area contributed by atoms with Crippen LogP contribution in [0.4, 0.5) is 5.13 Å². The second-order valence-corrected chi connectivity index (χ2v) is 8.02. The molecule has 2 rings (SSSR count). The number of aryl methyl sites for hydroxylation is 2. The summed E-state index contributed by atoms with van der Waals surface area (Å²) in [4.78, 5) is 4.97. The molecule has 0 aliphatic rings. The Morgan fingerprint density at radius 3 is 2.52 bits per heavy atom. The van der Waals surface area contributed by atoms with Crippen LogP contribution in [0.5, 0.6) is 0 Å². The van der Waals surface area contributed by atoms with Gasteiger partial charge in [0.15, 0.2) is 5.13 Å². The van der Waals surface area contributed by atoms with Gasteiger partial charge in [-0.15, -0.1) is 11.3 Å². The van der Waals surface area contributed by atoms with Crippen molar-refractivity contribution in [3.8, 4) is 0 Å². The smallest absolute Gasteiger partial charge is 0.265 e. The molecule has 0 atom stereocenters. The number of nitrogens with two attached hydrogens (primary N) is 1. The van der Waals surface area contributed by atoms with Gasteiger partial charge in [0.1, 0.15) is 4.90 Å². The van der Waals surface area contributed by atoms with E-state index in [1.165, 1.54) is 17.4 Å². The Hall–Kier alpha value is -0.860. The zero-order valence-corrected chi connectivity index (χ0v) is 14.4. The third-order valence-corrected chi connectivity index (χ3v) is 6.10. The van der Waals surface area contributed by atoms with Gasteiger partial charge in [-0.05, 0) is 31.5 Å². The molecular formula is C12H13Cl2N3O2S2. The van der Waals surface area contributed by atoms with Crippen molar-refractivity contribution in [1.82, 2.24) is 4.98 Å². The van der Waals surface area contributed by atoms with Gasteiger partial charge in [0.05, 0.1) is 10.7 Å². The lowest BCUT2D eigenvalue weighted by atomic mass is 10.2. The number of nitrogens with zero attached hydrogens (tertiary/aromatic N) is 1. The Balaban J connectivity index is 2.47. The number of nitrogens with one attached hydrogen (secondary N) is 1. The van der Waals surface area contributed by atoms with E-state index in [1.807, 2.05) is 13.8 Å². The summed E-state index contributed by atoms with van der Waals surface area (Å²) in [6.45, 7) is 3.77. The summed E-state index contributed by atoms with van der Waals surface area (Å²) in [5.41, 5.74) is 6.78. The van der Waals surface area contributed by atoms with Crippen LogP contribution in [0.15, 0.2) is 17.0 Å². The summed E-state index contributed by atoms with van der Waals surface area (Å²) in [7, 11) is -3.88. The molecular weight excluding hydrogens is 353 g/mol. The molecule has 0 aliphatic heterocycles. The maximum absolute atomic E-state index is 12.4. The molecule has 0 saturated carbocycles. The van der Waals surface area contributed by atoms with Crippen molar-refractivity contribution < 1.29 is 8.42 Å². The molecule has 21 heavy (non-hydrogen) atoms. The van der Waals surface area contributed by atoms with Crippen molar-refractivity contribution in [2.24, 2.45) is 5.73 Å². The summed E-state index contributed by atoms with van der Waals surface area (Å²) >= 11 is 13.3. The number of hydrogen-bond donors (Lipinski definition) is 2. The van der Waals surface area contributed by atoms with Gasteiger partial charge in [-0.1, -0.05) is 23.2 Å². The first-order valence-electron chi connectivity index (χ1n) is 5.89. The largest absolute Gasteiger partial charge is 0.326 e. The second-order valence-electron chi connectivity index (χ2n) is 4.35. The molecule has 1 aromatic heterocycles. The molecule has 0 spiro atoms. The molecule has 0 unspecified atom stereocenters. The summed E-state index contributed by atoms with van der Waals surface area (Å²) in [5, 5.41) is 0.612. The third kappa shape index (κ3) is 3.49. The molecule has 5 nitrogen and oxygen atoms in total. The minimum Gasteiger partial charge on any atom is -0.326 e. The van der Waals surface area contributed by atoms with E-state index in [2.05, 4.69) is 9.71 Å². The van der Waals surface area contributed by atoms with Crippen LogP contribution >= 0.6 is 34.5 Å². The molecule has 3 N–H and O–H groups in total. The SMILES string of the molecule is Cc1nc(NS(=O)(=O)c2cc(Cl)cc(CN)c2Cl)sc1C. The molecule has 9 heteroatoms. The standard InChI is InChI=1S/C12H13Cl2N3O2S2/c1-6-7(2)20-12(16-6)17-21(18,19)10-4-9(13)3-8(5-15)11(10)14/h3-4H,5,15H2,1-2H3,(H,16,17). The Kier molecular flexibility index (Phi) is 4.79. The highest BCUT2D eigenvalue weighted by atomic mass is 35.5. The number of sulfonamides is 1. The lowest BCUT2D eigenvalue weighted by molar-refractivity contribution is 0.601. The van der Waals surface area contributed by atoms with Crippen LogP contribution in [0.3, 0.4) is 0 Å². The quantitative estimate of drug-likeness (QED) is 0.869. The molecule has 2 aromatic rings. The van der Waals surface area contributed by atoms with E-state index in [9.17, 15) is 8.42 Å². The number of rotatable bonds is 4. The number of aromatic nitrogens is 1. The van der Waals surface area contributed by atoms with E-state index < -0.39 is 10.0 Å². The molecule has 0 saturated heterocycles. The zero-order chi connectivity index (χ0) is 15.8. The summed E-state index contributed by atoms with van der Waals surface area (Å²) in [6.07, 6.45) is 0. The van der Waals surface area contributed by atoms with E-state index in [0.717, 1.165) is 10.6 Å². The Labute approximate surface area is 137 Å². The van der Waals surface area contributed by atoms with E-state index in [1.54, 1.807) is 6.07 Å². The fraction of sp³-hybridized carbons (Fsp3) is 0.250. The Morgan fingerprint density at radius 1 is 1.33 bits per heavy atom. The molecule has 1 heterocycles. The molecule has 0 fully saturated rings. The van der Waals surface area contributed by atoms with Crippen molar-refractivity contribution in [3.63, 3.8) is 0 Å². The van der Waals surface area contributed by atoms with E-state index in [-0.39, 0.29) is 26.6 Å². The number of benzene rings is 1. The first kappa shape index (κ1) is 16.5. The van der Waals surface area contributed by atoms with E-state index in [0.29, 0.717) is 5.56 Å². The molecule has 0 amide bonds. The van der Waals surface area contributed by atoms with Crippen molar-refractivity contribution in [2.45, 2.75) is 25.3 Å². The highest BCUT2D eigenvalue weighted by molar-refractivity contribution is 7.93. The molecule has 1 aromatic carbocycles. The lowest BCUT2D eigenvalue weighted by Gasteiger charge is -2.10. The van der Waals surface area contributed by atoms with Crippen LogP contribution in [0.1, 0.15) is 16.1 Å². The summed E-state index contributed by atoms with van der Waals surface area (Å²) in [5.74, 6) is 0. The van der Waals surface area contributed by atoms with Crippen molar-refractivity contribution in [3.05, 3.63) is 38.3 Å². The predicted molar refractivity (Wildman–Crippen MR) is 86.7 cm³/mol. The first-order valence-corrected chi connectivity index (χ1v) is 8.95. The number of anilines is 1. The summed E-state index contributed by atoms with van der Waals surface area (Å²) in [6, 6.07) is 2.83. The van der Waals surface area contributed by atoms with E-state index in [4.69, 9.17) is 28.9 Å². The number of hydrogen-bond acceptors (Lipinski definition) is 5. The highest BCUT2D eigenvalue weighted by Crippen LogP contribution is 2.31. The van der Waals surface area contributed by atoms with Gasteiger partial charge < -0.3 is 5.73 Å². The van der Waals surface area contributed by atoms with Crippen molar-refractivity contribution >= 4 is 49.7 Å².